The zero-order chi connectivity index (χ0) is 10.8. The van der Waals surface area contributed by atoms with Crippen LogP contribution in [0.25, 0.3) is 10.8 Å². The van der Waals surface area contributed by atoms with Gasteiger partial charge in [-0.05, 0) is 23.6 Å². The van der Waals surface area contributed by atoms with Gasteiger partial charge in [-0.15, -0.1) is 0 Å². The van der Waals surface area contributed by atoms with E-state index >= 15 is 0 Å². The second-order valence-corrected chi connectivity index (χ2v) is 3.24. The molecule has 3 heteroatoms. The fourth-order valence-corrected chi connectivity index (χ4v) is 1.58. The minimum atomic E-state index is 0.199. The molecule has 0 spiro atoms. The van der Waals surface area contributed by atoms with Crippen LogP contribution in [0.15, 0.2) is 30.3 Å². The zero-order valence-corrected chi connectivity index (χ0v) is 8.65. The first kappa shape index (κ1) is 9.65. The average molecular weight is 204 g/mol. The number of methoxy groups -OCH3 is 2. The molecule has 3 nitrogen and oxygen atoms in total. The third kappa shape index (κ3) is 1.68. The number of ether oxygens (including phenoxy) is 2. The quantitative estimate of drug-likeness (QED) is 0.817. The highest BCUT2D eigenvalue weighted by molar-refractivity contribution is 5.90. The lowest BCUT2D eigenvalue weighted by Crippen LogP contribution is -1.87. The Labute approximate surface area is 87.9 Å². The van der Waals surface area contributed by atoms with E-state index in [1.165, 1.54) is 0 Å². The van der Waals surface area contributed by atoms with E-state index in [4.69, 9.17) is 9.47 Å². The third-order valence-electron chi connectivity index (χ3n) is 2.33. The van der Waals surface area contributed by atoms with Crippen LogP contribution in [0, 0.1) is 0 Å². The summed E-state index contributed by atoms with van der Waals surface area (Å²) in [5, 5.41) is 11.3. The Morgan fingerprint density at radius 1 is 1.00 bits per heavy atom. The average Bonchev–Trinajstić information content (AvgIpc) is 2.27. The second-order valence-electron chi connectivity index (χ2n) is 3.24. The van der Waals surface area contributed by atoms with Crippen molar-refractivity contribution in [2.75, 3.05) is 14.2 Å². The molecule has 2 aromatic carbocycles. The van der Waals surface area contributed by atoms with Crippen molar-refractivity contribution in [2.45, 2.75) is 0 Å². The Balaban J connectivity index is 2.73. The Kier molecular flexibility index (Phi) is 2.37. The molecule has 0 saturated heterocycles. The Morgan fingerprint density at radius 2 is 1.80 bits per heavy atom. The van der Waals surface area contributed by atoms with Gasteiger partial charge in [-0.1, -0.05) is 6.07 Å². The summed E-state index contributed by atoms with van der Waals surface area (Å²) >= 11 is 0. The molecule has 2 rings (SSSR count). The third-order valence-corrected chi connectivity index (χ3v) is 2.33. The van der Waals surface area contributed by atoms with Crippen LogP contribution < -0.4 is 9.47 Å². The van der Waals surface area contributed by atoms with Crippen molar-refractivity contribution in [3.8, 4) is 17.2 Å². The van der Waals surface area contributed by atoms with E-state index in [-0.39, 0.29) is 5.75 Å². The molecule has 1 N–H and O–H groups in total. The van der Waals surface area contributed by atoms with Crippen LogP contribution >= 0.6 is 0 Å². The SMILES string of the molecule is COc1ccc2cc(O)cc(OC)c2c1. The number of phenolic OH excluding ortho intramolecular Hbond substituents is 1. The molecule has 15 heavy (non-hydrogen) atoms. The van der Waals surface area contributed by atoms with Crippen molar-refractivity contribution in [1.29, 1.82) is 0 Å². The molecule has 0 heterocycles. The molecule has 0 saturated carbocycles. The monoisotopic (exact) mass is 204 g/mol. The summed E-state index contributed by atoms with van der Waals surface area (Å²) in [7, 11) is 3.20. The fourth-order valence-electron chi connectivity index (χ4n) is 1.58. The molecule has 0 aromatic heterocycles. The number of rotatable bonds is 2. The van der Waals surface area contributed by atoms with Crippen molar-refractivity contribution in [2.24, 2.45) is 0 Å². The van der Waals surface area contributed by atoms with Gasteiger partial charge in [0.25, 0.3) is 0 Å². The van der Waals surface area contributed by atoms with Crippen molar-refractivity contribution in [3.63, 3.8) is 0 Å². The zero-order valence-electron chi connectivity index (χ0n) is 8.65. The predicted octanol–water partition coefficient (Wildman–Crippen LogP) is 2.56. The highest BCUT2D eigenvalue weighted by Crippen LogP contribution is 2.32. The van der Waals surface area contributed by atoms with Gasteiger partial charge >= 0.3 is 0 Å². The van der Waals surface area contributed by atoms with Gasteiger partial charge in [0.05, 0.1) is 14.2 Å². The largest absolute Gasteiger partial charge is 0.508 e. The fraction of sp³-hybridized carbons (Fsp3) is 0.167. The van der Waals surface area contributed by atoms with Gasteiger partial charge in [0, 0.05) is 11.5 Å². The number of hydrogen-bond donors (Lipinski definition) is 1. The second kappa shape index (κ2) is 3.69. The number of phenols is 1. The smallest absolute Gasteiger partial charge is 0.130 e. The first-order valence-corrected chi connectivity index (χ1v) is 4.59. The van der Waals surface area contributed by atoms with Crippen LogP contribution in [0.5, 0.6) is 17.2 Å². The maximum absolute atomic E-state index is 9.46. The van der Waals surface area contributed by atoms with Gasteiger partial charge in [-0.25, -0.2) is 0 Å². The summed E-state index contributed by atoms with van der Waals surface area (Å²) in [5.74, 6) is 1.61. The molecule has 0 amide bonds. The van der Waals surface area contributed by atoms with E-state index in [0.717, 1.165) is 16.5 Å². The van der Waals surface area contributed by atoms with E-state index < -0.39 is 0 Å². The minimum absolute atomic E-state index is 0.199. The number of hydrogen-bond acceptors (Lipinski definition) is 3. The Bertz CT molecular complexity index is 491. The topological polar surface area (TPSA) is 38.7 Å². The Morgan fingerprint density at radius 3 is 2.47 bits per heavy atom. The number of benzene rings is 2. The molecule has 0 aliphatic rings. The van der Waals surface area contributed by atoms with Crippen LogP contribution in [0.1, 0.15) is 0 Å². The maximum Gasteiger partial charge on any atom is 0.130 e. The van der Waals surface area contributed by atoms with Crippen LogP contribution in [-0.2, 0) is 0 Å². The number of fused-ring (bicyclic) bond motifs is 1. The minimum Gasteiger partial charge on any atom is -0.508 e. The molecular weight excluding hydrogens is 192 g/mol. The van der Waals surface area contributed by atoms with E-state index in [0.29, 0.717) is 5.75 Å². The lowest BCUT2D eigenvalue weighted by molar-refractivity contribution is 0.409. The first-order chi connectivity index (χ1) is 7.24. The van der Waals surface area contributed by atoms with Gasteiger partial charge < -0.3 is 14.6 Å². The molecular formula is C12H12O3. The van der Waals surface area contributed by atoms with Gasteiger partial charge in [0.1, 0.15) is 17.2 Å². The molecule has 0 aliphatic carbocycles. The summed E-state index contributed by atoms with van der Waals surface area (Å²) in [6.07, 6.45) is 0. The number of aromatic hydroxyl groups is 1. The van der Waals surface area contributed by atoms with Crippen molar-refractivity contribution in [1.82, 2.24) is 0 Å². The van der Waals surface area contributed by atoms with Gasteiger partial charge in [0.2, 0.25) is 0 Å². The highest BCUT2D eigenvalue weighted by Gasteiger charge is 2.05. The van der Waals surface area contributed by atoms with E-state index in [1.807, 2.05) is 18.2 Å². The summed E-state index contributed by atoms with van der Waals surface area (Å²) in [6, 6.07) is 8.89. The van der Waals surface area contributed by atoms with E-state index in [2.05, 4.69) is 0 Å². The molecule has 0 atom stereocenters. The molecule has 0 aliphatic heterocycles. The van der Waals surface area contributed by atoms with E-state index in [1.54, 1.807) is 26.4 Å². The first-order valence-electron chi connectivity index (χ1n) is 4.59. The van der Waals surface area contributed by atoms with Gasteiger partial charge in [0.15, 0.2) is 0 Å². The lowest BCUT2D eigenvalue weighted by Gasteiger charge is -2.08. The van der Waals surface area contributed by atoms with Gasteiger partial charge in [-0.3, -0.25) is 0 Å². The van der Waals surface area contributed by atoms with Crippen LogP contribution in [0.3, 0.4) is 0 Å². The van der Waals surface area contributed by atoms with Crippen LogP contribution in [-0.4, -0.2) is 19.3 Å². The molecule has 0 radical (unpaired) electrons. The van der Waals surface area contributed by atoms with Crippen molar-refractivity contribution >= 4 is 10.8 Å². The summed E-state index contributed by atoms with van der Waals surface area (Å²) in [5.41, 5.74) is 0. The molecule has 2 aromatic rings. The van der Waals surface area contributed by atoms with Crippen molar-refractivity contribution in [3.05, 3.63) is 30.3 Å². The standard InChI is InChI=1S/C12H12O3/c1-14-10-4-3-8-5-9(13)6-12(15-2)11(8)7-10/h3-7,13H,1-2H3. The van der Waals surface area contributed by atoms with E-state index in [9.17, 15) is 5.11 Å². The normalized spacial score (nSPS) is 10.3. The molecule has 78 valence electrons. The molecule has 0 unspecified atom stereocenters. The van der Waals surface area contributed by atoms with Crippen molar-refractivity contribution < 1.29 is 14.6 Å². The predicted molar refractivity (Wildman–Crippen MR) is 58.7 cm³/mol. The summed E-state index contributed by atoms with van der Waals surface area (Å²) < 4.78 is 10.3. The molecule has 0 fully saturated rings. The summed E-state index contributed by atoms with van der Waals surface area (Å²) in [4.78, 5) is 0. The molecule has 0 bridgehead atoms. The maximum atomic E-state index is 9.46. The van der Waals surface area contributed by atoms with Gasteiger partial charge in [-0.2, -0.15) is 0 Å². The lowest BCUT2D eigenvalue weighted by atomic mass is 10.1. The van der Waals surface area contributed by atoms with Crippen LogP contribution in [0.4, 0.5) is 0 Å². The summed E-state index contributed by atoms with van der Waals surface area (Å²) in [6.45, 7) is 0. The Hall–Kier alpha value is -1.90. The van der Waals surface area contributed by atoms with Crippen LogP contribution in [0.2, 0.25) is 0 Å². The highest BCUT2D eigenvalue weighted by atomic mass is 16.5.